The number of esters is 1. The number of Topliss-reactive ketones (excluding diaryl/α,β-unsaturated/α-hetero) is 2. The largest absolute Gasteiger partial charge is 0.460 e. The number of benzene rings is 1. The van der Waals surface area contributed by atoms with E-state index in [0.717, 1.165) is 0 Å². The third-order valence-corrected chi connectivity index (χ3v) is 2.42. The molecule has 0 unspecified atom stereocenters. The van der Waals surface area contributed by atoms with Crippen LogP contribution in [0.1, 0.15) is 35.7 Å². The van der Waals surface area contributed by atoms with Gasteiger partial charge in [-0.3, -0.25) is 9.59 Å². The van der Waals surface area contributed by atoms with Gasteiger partial charge in [0.2, 0.25) is 5.78 Å². The molecule has 5 nitrogen and oxygen atoms in total. The highest BCUT2D eigenvalue weighted by Gasteiger charge is 2.16. The maximum absolute atomic E-state index is 11.7. The molecule has 0 saturated carbocycles. The van der Waals surface area contributed by atoms with Crippen molar-refractivity contribution in [2.45, 2.75) is 19.8 Å². The van der Waals surface area contributed by atoms with Crippen LogP contribution >= 0.6 is 0 Å². The molecule has 98 valence electrons. The lowest BCUT2D eigenvalue weighted by Gasteiger charge is -2.01. The summed E-state index contributed by atoms with van der Waals surface area (Å²) in [5, 5.41) is 8.62. The molecule has 1 rings (SSSR count). The van der Waals surface area contributed by atoms with Crippen LogP contribution in [0.5, 0.6) is 0 Å². The van der Waals surface area contributed by atoms with Gasteiger partial charge in [0.05, 0.1) is 18.2 Å². The van der Waals surface area contributed by atoms with E-state index >= 15 is 0 Å². The summed E-state index contributed by atoms with van der Waals surface area (Å²) in [6.07, 6.45) is -0.221. The van der Waals surface area contributed by atoms with E-state index < -0.39 is 11.8 Å². The Labute approximate surface area is 110 Å². The molecule has 0 aliphatic rings. The van der Waals surface area contributed by atoms with E-state index in [-0.39, 0.29) is 25.2 Å². The zero-order valence-electron chi connectivity index (χ0n) is 10.5. The Morgan fingerprint density at radius 2 is 1.79 bits per heavy atom. The maximum Gasteiger partial charge on any atom is 0.374 e. The molecule has 0 bridgehead atoms. The van der Waals surface area contributed by atoms with Gasteiger partial charge in [0.1, 0.15) is 0 Å². The van der Waals surface area contributed by atoms with Gasteiger partial charge in [-0.1, -0.05) is 12.1 Å². The standard InChI is InChI=1S/C14H13NO4/c1-2-19-14(18)13(17)8-7-12(16)11-5-3-10(9-15)4-6-11/h3-6H,2,7-8H2,1H3. The highest BCUT2D eigenvalue weighted by atomic mass is 16.5. The molecule has 19 heavy (non-hydrogen) atoms. The predicted molar refractivity (Wildman–Crippen MR) is 66.4 cm³/mol. The van der Waals surface area contributed by atoms with Crippen molar-refractivity contribution < 1.29 is 19.1 Å². The highest BCUT2D eigenvalue weighted by molar-refractivity contribution is 6.34. The molecule has 0 fully saturated rings. The molecule has 0 atom stereocenters. The van der Waals surface area contributed by atoms with Gasteiger partial charge in [0.25, 0.3) is 0 Å². The minimum absolute atomic E-state index is 0.0520. The van der Waals surface area contributed by atoms with Gasteiger partial charge in [-0.15, -0.1) is 0 Å². The average Bonchev–Trinajstić information content (AvgIpc) is 2.44. The Kier molecular flexibility index (Phi) is 5.42. The first-order valence-corrected chi connectivity index (χ1v) is 5.81. The van der Waals surface area contributed by atoms with E-state index in [9.17, 15) is 14.4 Å². The number of hydrogen-bond donors (Lipinski definition) is 0. The predicted octanol–water partition coefficient (Wildman–Crippen LogP) is 1.65. The Morgan fingerprint density at radius 3 is 2.32 bits per heavy atom. The summed E-state index contributed by atoms with van der Waals surface area (Å²) in [4.78, 5) is 34.1. The highest BCUT2D eigenvalue weighted by Crippen LogP contribution is 2.08. The molecule has 0 saturated heterocycles. The van der Waals surface area contributed by atoms with Crippen molar-refractivity contribution in [2.75, 3.05) is 6.61 Å². The molecule has 0 spiro atoms. The Morgan fingerprint density at radius 1 is 1.16 bits per heavy atom. The Bertz CT molecular complexity index is 525. The van der Waals surface area contributed by atoms with Gasteiger partial charge in [0.15, 0.2) is 5.78 Å². The summed E-state index contributed by atoms with van der Waals surface area (Å²) in [5.41, 5.74) is 0.870. The summed E-state index contributed by atoms with van der Waals surface area (Å²) in [6, 6.07) is 8.05. The van der Waals surface area contributed by atoms with Gasteiger partial charge in [0, 0.05) is 18.4 Å². The minimum Gasteiger partial charge on any atom is -0.460 e. The molecule has 0 radical (unpaired) electrons. The van der Waals surface area contributed by atoms with Gasteiger partial charge >= 0.3 is 5.97 Å². The third-order valence-electron chi connectivity index (χ3n) is 2.42. The number of ether oxygens (including phenoxy) is 1. The quantitative estimate of drug-likeness (QED) is 0.440. The fraction of sp³-hybridized carbons (Fsp3) is 0.286. The van der Waals surface area contributed by atoms with Crippen molar-refractivity contribution in [3.63, 3.8) is 0 Å². The first kappa shape index (κ1) is 14.6. The topological polar surface area (TPSA) is 84.2 Å². The number of carbonyl (C=O) groups is 3. The van der Waals surface area contributed by atoms with Crippen molar-refractivity contribution in [1.29, 1.82) is 5.26 Å². The first-order valence-electron chi connectivity index (χ1n) is 5.81. The van der Waals surface area contributed by atoms with Gasteiger partial charge in [-0.25, -0.2) is 4.79 Å². The monoisotopic (exact) mass is 259 g/mol. The first-order chi connectivity index (χ1) is 9.08. The minimum atomic E-state index is -0.907. The maximum atomic E-state index is 11.7. The molecule has 0 N–H and O–H groups in total. The number of nitriles is 1. The van der Waals surface area contributed by atoms with E-state index in [2.05, 4.69) is 4.74 Å². The molecule has 0 aliphatic heterocycles. The second-order valence-electron chi connectivity index (χ2n) is 3.76. The van der Waals surface area contributed by atoms with Crippen LogP contribution in [-0.2, 0) is 14.3 Å². The zero-order chi connectivity index (χ0) is 14.3. The van der Waals surface area contributed by atoms with E-state index in [1.54, 1.807) is 6.92 Å². The molecule has 1 aromatic rings. The number of nitrogens with zero attached hydrogens (tertiary/aromatic N) is 1. The van der Waals surface area contributed by atoms with Gasteiger partial charge in [-0.2, -0.15) is 5.26 Å². The van der Waals surface area contributed by atoms with Crippen molar-refractivity contribution in [3.05, 3.63) is 35.4 Å². The zero-order valence-corrected chi connectivity index (χ0v) is 10.5. The van der Waals surface area contributed by atoms with Crippen LogP contribution in [0.3, 0.4) is 0 Å². The van der Waals surface area contributed by atoms with Crippen LogP contribution in [0, 0.1) is 11.3 Å². The molecule has 0 aromatic heterocycles. The van der Waals surface area contributed by atoms with Gasteiger partial charge in [-0.05, 0) is 19.1 Å². The summed E-state index contributed by atoms with van der Waals surface area (Å²) in [5.74, 6) is -1.86. The third kappa shape index (κ3) is 4.36. The SMILES string of the molecule is CCOC(=O)C(=O)CCC(=O)c1ccc(C#N)cc1. The smallest absolute Gasteiger partial charge is 0.374 e. The van der Waals surface area contributed by atoms with Crippen molar-refractivity contribution in [3.8, 4) is 6.07 Å². The lowest BCUT2D eigenvalue weighted by Crippen LogP contribution is -2.18. The summed E-state index contributed by atoms with van der Waals surface area (Å²) in [7, 11) is 0. The van der Waals surface area contributed by atoms with Crippen molar-refractivity contribution in [2.24, 2.45) is 0 Å². The average molecular weight is 259 g/mol. The molecule has 0 heterocycles. The van der Waals surface area contributed by atoms with Crippen molar-refractivity contribution >= 4 is 17.5 Å². The Balaban J connectivity index is 2.53. The fourth-order valence-corrected chi connectivity index (χ4v) is 1.42. The number of carbonyl (C=O) groups excluding carboxylic acids is 3. The number of hydrogen-bond acceptors (Lipinski definition) is 5. The van der Waals surface area contributed by atoms with E-state index in [0.29, 0.717) is 11.1 Å². The molecular weight excluding hydrogens is 246 g/mol. The van der Waals surface area contributed by atoms with Crippen LogP contribution in [0.25, 0.3) is 0 Å². The Hall–Kier alpha value is -2.48. The number of ketones is 2. The lowest BCUT2D eigenvalue weighted by atomic mass is 10.0. The van der Waals surface area contributed by atoms with Crippen LogP contribution in [-0.4, -0.2) is 24.1 Å². The van der Waals surface area contributed by atoms with Crippen molar-refractivity contribution in [1.82, 2.24) is 0 Å². The summed E-state index contributed by atoms with van der Waals surface area (Å²) < 4.78 is 4.54. The molecule has 0 aliphatic carbocycles. The van der Waals surface area contributed by atoms with E-state index in [1.165, 1.54) is 24.3 Å². The molecule has 1 aromatic carbocycles. The molecular formula is C14H13NO4. The summed E-state index contributed by atoms with van der Waals surface area (Å²) in [6.45, 7) is 1.74. The van der Waals surface area contributed by atoms with Crippen LogP contribution < -0.4 is 0 Å². The second-order valence-corrected chi connectivity index (χ2v) is 3.76. The normalized spacial score (nSPS) is 9.47. The molecule has 0 amide bonds. The fourth-order valence-electron chi connectivity index (χ4n) is 1.42. The lowest BCUT2D eigenvalue weighted by molar-refractivity contribution is -0.153. The van der Waals surface area contributed by atoms with Crippen LogP contribution in [0.2, 0.25) is 0 Å². The molecule has 5 heteroatoms. The van der Waals surface area contributed by atoms with E-state index in [4.69, 9.17) is 5.26 Å². The number of rotatable bonds is 6. The van der Waals surface area contributed by atoms with Gasteiger partial charge < -0.3 is 4.74 Å². The summed E-state index contributed by atoms with van der Waals surface area (Å²) >= 11 is 0. The van der Waals surface area contributed by atoms with Crippen LogP contribution in [0.15, 0.2) is 24.3 Å². The van der Waals surface area contributed by atoms with E-state index in [1.807, 2.05) is 6.07 Å². The van der Waals surface area contributed by atoms with Crippen LogP contribution in [0.4, 0.5) is 0 Å². The second kappa shape index (κ2) is 7.07.